The SMILES string of the molecule is C[C@H]1C(S[C@@H]2CN[C@H](C(=O)Nc3cccc(C(=O)O)c3)C2)=C(C(=O)O)NC1[C@H](C(=O)N1C[C@@H](SC2=C(C(=O)O)N3C(=O)[C@H]([C@@H](C)O)C3[C@H]2C)C[C@H]1C(=O)Nc1cccc(C(=O)O)c1)[C@@H](C)O. The van der Waals surface area contributed by atoms with E-state index in [4.69, 9.17) is 0 Å². The highest BCUT2D eigenvalue weighted by Crippen LogP contribution is 2.52. The molecule has 2 unspecified atom stereocenters. The van der Waals surface area contributed by atoms with Crippen LogP contribution in [-0.2, 0) is 28.8 Å². The number of aliphatic hydroxyl groups excluding tert-OH is 2. The first kappa shape index (κ1) is 48.0. The van der Waals surface area contributed by atoms with Gasteiger partial charge in [-0.05, 0) is 63.1 Å². The van der Waals surface area contributed by atoms with Crippen LogP contribution >= 0.6 is 23.5 Å². The van der Waals surface area contributed by atoms with Crippen molar-refractivity contribution >= 4 is 82.4 Å². The second-order valence-electron chi connectivity index (χ2n) is 17.2. The first-order valence-corrected chi connectivity index (χ1v) is 23.0. The summed E-state index contributed by atoms with van der Waals surface area (Å²) in [5.41, 5.74) is -0.147. The molecular formula is C44H50N6O14S2. The summed E-state index contributed by atoms with van der Waals surface area (Å²) in [4.78, 5) is 107. The van der Waals surface area contributed by atoms with Crippen LogP contribution < -0.4 is 21.3 Å². The summed E-state index contributed by atoms with van der Waals surface area (Å²) >= 11 is 2.31. The number of aromatic carboxylic acids is 2. The predicted octanol–water partition coefficient (Wildman–Crippen LogP) is 1.88. The van der Waals surface area contributed by atoms with Crippen molar-refractivity contribution in [2.75, 3.05) is 23.7 Å². The number of fused-ring (bicyclic) bond motifs is 1. The molecule has 3 fully saturated rings. The molecule has 0 bridgehead atoms. The summed E-state index contributed by atoms with van der Waals surface area (Å²) in [6.45, 7) is 6.44. The fourth-order valence-electron chi connectivity index (χ4n) is 9.66. The van der Waals surface area contributed by atoms with E-state index >= 15 is 0 Å². The molecule has 2 aromatic rings. The molecule has 0 saturated carbocycles. The molecule has 12 atom stereocenters. The Morgan fingerprint density at radius 2 is 1.35 bits per heavy atom. The maximum atomic E-state index is 15.0. The quantitative estimate of drug-likeness (QED) is 0.107. The van der Waals surface area contributed by atoms with Crippen molar-refractivity contribution in [3.63, 3.8) is 0 Å². The van der Waals surface area contributed by atoms with Crippen LogP contribution in [0.2, 0.25) is 0 Å². The number of hydrogen-bond acceptors (Lipinski definition) is 14. The molecule has 20 nitrogen and oxygen atoms in total. The number of aliphatic carboxylic acids is 2. The van der Waals surface area contributed by atoms with Gasteiger partial charge in [-0.15, -0.1) is 23.5 Å². The number of nitrogens with zero attached hydrogens (tertiary/aromatic N) is 2. The monoisotopic (exact) mass is 950 g/mol. The van der Waals surface area contributed by atoms with Gasteiger partial charge in [0.25, 0.3) is 0 Å². The fourth-order valence-corrected chi connectivity index (χ4v) is 12.6. The lowest BCUT2D eigenvalue weighted by molar-refractivity contribution is -0.163. The van der Waals surface area contributed by atoms with E-state index in [1.54, 1.807) is 19.9 Å². The van der Waals surface area contributed by atoms with Gasteiger partial charge in [-0.1, -0.05) is 26.0 Å². The third-order valence-electron chi connectivity index (χ3n) is 12.8. The number of carbonyl (C=O) groups is 8. The Morgan fingerprint density at radius 3 is 1.89 bits per heavy atom. The molecule has 5 aliphatic rings. The number of likely N-dealkylation sites (tertiary alicyclic amines) is 1. The molecule has 2 aromatic carbocycles. The number of carboxylic acid groups (broad SMARTS) is 4. The molecule has 10 N–H and O–H groups in total. The van der Waals surface area contributed by atoms with Crippen molar-refractivity contribution in [1.29, 1.82) is 0 Å². The number of rotatable bonds is 16. The van der Waals surface area contributed by atoms with Crippen molar-refractivity contribution in [3.8, 4) is 0 Å². The Bertz CT molecular complexity index is 2440. The van der Waals surface area contributed by atoms with Crippen molar-refractivity contribution in [3.05, 3.63) is 80.9 Å². The van der Waals surface area contributed by atoms with E-state index in [-0.39, 0.29) is 58.5 Å². The third-order valence-corrected chi connectivity index (χ3v) is 15.8. The summed E-state index contributed by atoms with van der Waals surface area (Å²) in [5, 5.41) is 71.9. The Labute approximate surface area is 386 Å². The first-order valence-electron chi connectivity index (χ1n) is 21.2. The number of β-lactam (4-membered cyclic amide) rings is 1. The number of carboxylic acids is 4. The molecule has 66 heavy (non-hydrogen) atoms. The lowest BCUT2D eigenvalue weighted by Gasteiger charge is -2.46. The Morgan fingerprint density at radius 1 is 0.758 bits per heavy atom. The molecule has 0 aromatic heterocycles. The van der Waals surface area contributed by atoms with Crippen LogP contribution in [0.4, 0.5) is 11.4 Å². The Balaban J connectivity index is 1.12. The van der Waals surface area contributed by atoms with E-state index < -0.39 is 113 Å². The summed E-state index contributed by atoms with van der Waals surface area (Å²) in [7, 11) is 0. The molecule has 0 radical (unpaired) electrons. The van der Waals surface area contributed by atoms with Crippen LogP contribution in [0, 0.1) is 23.7 Å². The van der Waals surface area contributed by atoms with E-state index in [2.05, 4.69) is 21.3 Å². The van der Waals surface area contributed by atoms with Crippen molar-refractivity contribution in [2.24, 2.45) is 23.7 Å². The summed E-state index contributed by atoms with van der Waals surface area (Å²) in [6, 6.07) is 7.69. The molecule has 4 amide bonds. The molecule has 3 saturated heterocycles. The van der Waals surface area contributed by atoms with Gasteiger partial charge in [0.2, 0.25) is 23.6 Å². The number of anilines is 2. The maximum Gasteiger partial charge on any atom is 0.353 e. The summed E-state index contributed by atoms with van der Waals surface area (Å²) < 4.78 is 0. The minimum Gasteiger partial charge on any atom is -0.478 e. The minimum absolute atomic E-state index is 0.00726. The van der Waals surface area contributed by atoms with Crippen LogP contribution in [0.15, 0.2) is 69.7 Å². The van der Waals surface area contributed by atoms with Gasteiger partial charge in [-0.3, -0.25) is 19.2 Å². The normalized spacial score (nSPS) is 28.3. The van der Waals surface area contributed by atoms with Crippen molar-refractivity contribution < 1.29 is 69.0 Å². The van der Waals surface area contributed by atoms with Gasteiger partial charge in [0.05, 0.1) is 47.3 Å². The number of thioether (sulfide) groups is 2. The minimum atomic E-state index is -1.40. The molecule has 7 rings (SSSR count). The molecular weight excluding hydrogens is 901 g/mol. The number of nitrogens with one attached hydrogen (secondary N) is 4. The molecule has 22 heteroatoms. The Hall–Kier alpha value is -5.94. The van der Waals surface area contributed by atoms with Crippen LogP contribution in [0.25, 0.3) is 0 Å². The second kappa shape index (κ2) is 19.1. The van der Waals surface area contributed by atoms with E-state index in [1.807, 2.05) is 0 Å². The smallest absolute Gasteiger partial charge is 0.353 e. The van der Waals surface area contributed by atoms with Crippen LogP contribution in [0.5, 0.6) is 0 Å². The number of aliphatic hydroxyl groups is 2. The number of carbonyl (C=O) groups excluding carboxylic acids is 4. The fraction of sp³-hybridized carbons (Fsp3) is 0.455. The van der Waals surface area contributed by atoms with Gasteiger partial charge in [0.1, 0.15) is 17.4 Å². The molecule has 0 aliphatic carbocycles. The van der Waals surface area contributed by atoms with E-state index in [0.29, 0.717) is 16.4 Å². The third kappa shape index (κ3) is 9.24. The first-order chi connectivity index (χ1) is 31.2. The average Bonchev–Trinajstić information content (AvgIpc) is 4.03. The Kier molecular flexibility index (Phi) is 13.9. The zero-order valence-corrected chi connectivity index (χ0v) is 37.7. The highest BCUT2D eigenvalue weighted by molar-refractivity contribution is 8.04. The van der Waals surface area contributed by atoms with Crippen LogP contribution in [0.3, 0.4) is 0 Å². The standard InChI is InChI=1S/C44H50N6O14S2/c1-17-31(48-32(43(61)62)35(17)65-25-13-27(45-15-25)37(53)46-23-9-5-7-21(11-23)41(57)58)29(19(3)51)39(55)49-16-26(14-28(49)38(54)47-24-10-6-8-22(12-24)42(59)60)66-36-18(2)33-30(20(4)52)40(56)50(33)34(36)44(63)64/h5-12,17-20,25-31,33,45,48,51-52H,13-16H2,1-4H3,(H,46,53)(H,47,54)(H,57,58)(H,59,60)(H,61,62)(H,63,64)/t17-,18-,19-,20-,25+,26+,27+,28+,29-,30-,31?,33?/m1/s1. The maximum absolute atomic E-state index is 15.0. The number of benzene rings is 2. The summed E-state index contributed by atoms with van der Waals surface area (Å²) in [6.07, 6.45) is -2.20. The van der Waals surface area contributed by atoms with Gasteiger partial charge in [-0.2, -0.15) is 0 Å². The van der Waals surface area contributed by atoms with Crippen molar-refractivity contribution in [1.82, 2.24) is 20.4 Å². The van der Waals surface area contributed by atoms with Crippen molar-refractivity contribution in [2.45, 2.75) is 87.4 Å². The van der Waals surface area contributed by atoms with Gasteiger partial charge in [0, 0.05) is 62.7 Å². The van der Waals surface area contributed by atoms with E-state index in [1.165, 1.54) is 77.9 Å². The average molecular weight is 951 g/mol. The zero-order valence-electron chi connectivity index (χ0n) is 36.0. The topological polar surface area (TPSA) is 313 Å². The molecule has 5 heterocycles. The molecule has 352 valence electrons. The lowest BCUT2D eigenvalue weighted by Crippen LogP contribution is -2.63. The number of amides is 4. The van der Waals surface area contributed by atoms with E-state index in [9.17, 15) is 69.0 Å². The summed E-state index contributed by atoms with van der Waals surface area (Å²) in [5.74, 6) is -10.8. The lowest BCUT2D eigenvalue weighted by atomic mass is 9.79. The largest absolute Gasteiger partial charge is 0.478 e. The van der Waals surface area contributed by atoms with E-state index in [0.717, 1.165) is 11.8 Å². The molecule has 0 spiro atoms. The van der Waals surface area contributed by atoms with Gasteiger partial charge < -0.3 is 61.7 Å². The zero-order chi connectivity index (χ0) is 48.0. The molecule has 5 aliphatic heterocycles. The highest BCUT2D eigenvalue weighted by atomic mass is 32.2. The van der Waals surface area contributed by atoms with Gasteiger partial charge in [0.15, 0.2) is 0 Å². The van der Waals surface area contributed by atoms with Crippen LogP contribution in [-0.4, -0.2) is 148 Å². The van der Waals surface area contributed by atoms with Crippen LogP contribution in [0.1, 0.15) is 61.3 Å². The second-order valence-corrected chi connectivity index (χ2v) is 19.9. The predicted molar refractivity (Wildman–Crippen MR) is 239 cm³/mol. The number of hydrogen-bond donors (Lipinski definition) is 10. The highest BCUT2D eigenvalue weighted by Gasteiger charge is 2.60. The van der Waals surface area contributed by atoms with Gasteiger partial charge in [-0.25, -0.2) is 19.2 Å². The van der Waals surface area contributed by atoms with Gasteiger partial charge >= 0.3 is 23.9 Å².